The quantitative estimate of drug-likeness (QED) is 0.388. The number of hydrogen-bond acceptors (Lipinski definition) is 5. The predicted molar refractivity (Wildman–Crippen MR) is 127 cm³/mol. The molecular weight excluding hydrogens is 434 g/mol. The Labute approximate surface area is 191 Å². The summed E-state index contributed by atoms with van der Waals surface area (Å²) in [4.78, 5) is 30.6. The second-order valence-electron chi connectivity index (χ2n) is 7.42. The molecule has 0 saturated carbocycles. The van der Waals surface area contributed by atoms with Crippen LogP contribution in [0.3, 0.4) is 0 Å². The fourth-order valence-electron chi connectivity index (χ4n) is 3.37. The maximum Gasteiger partial charge on any atom is 0.266 e. The lowest BCUT2D eigenvalue weighted by atomic mass is 10.2. The Balaban J connectivity index is 2.09. The zero-order valence-corrected chi connectivity index (χ0v) is 19.6. The molecule has 31 heavy (non-hydrogen) atoms. The summed E-state index contributed by atoms with van der Waals surface area (Å²) in [7, 11) is 1.56. The van der Waals surface area contributed by atoms with Gasteiger partial charge in [0.1, 0.15) is 5.75 Å². The fraction of sp³-hybridized carbons (Fsp3) is 0.348. The standard InChI is InChI=1S/C23H26ClN3O3S/c1-5-6-15(3)25-21(28)13-31-23-26-18-12-16(24)8-9-17(18)22(29)27(23)19-11-14(2)7-10-20(19)30-4/h7-12,15H,5-6,13H2,1-4H3,(H,25,28). The monoisotopic (exact) mass is 459 g/mol. The third-order valence-corrected chi connectivity index (χ3v) is 6.01. The third kappa shape index (κ3) is 5.40. The number of aryl methyl sites for hydroxylation is 1. The van der Waals surface area contributed by atoms with Crippen molar-refractivity contribution >= 4 is 40.2 Å². The molecule has 0 fully saturated rings. The van der Waals surface area contributed by atoms with Crippen LogP contribution in [0.25, 0.3) is 16.6 Å². The first-order chi connectivity index (χ1) is 14.8. The van der Waals surface area contributed by atoms with Crippen LogP contribution in [-0.4, -0.2) is 34.4 Å². The van der Waals surface area contributed by atoms with E-state index < -0.39 is 0 Å². The SMILES string of the molecule is CCCC(C)NC(=O)CSc1nc2cc(Cl)ccc2c(=O)n1-c1cc(C)ccc1OC. The average Bonchev–Trinajstić information content (AvgIpc) is 2.72. The second kappa shape index (κ2) is 10.2. The van der Waals surface area contributed by atoms with Crippen molar-refractivity contribution in [3.8, 4) is 11.4 Å². The lowest BCUT2D eigenvalue weighted by Crippen LogP contribution is -2.34. The van der Waals surface area contributed by atoms with Crippen LogP contribution in [0.15, 0.2) is 46.3 Å². The normalized spacial score (nSPS) is 12.0. The summed E-state index contributed by atoms with van der Waals surface area (Å²) in [6, 6.07) is 10.7. The van der Waals surface area contributed by atoms with Gasteiger partial charge in [0.2, 0.25) is 5.91 Å². The van der Waals surface area contributed by atoms with E-state index in [1.54, 1.807) is 25.3 Å². The molecule has 0 bridgehead atoms. The number of nitrogens with one attached hydrogen (secondary N) is 1. The number of carbonyl (C=O) groups is 1. The van der Waals surface area contributed by atoms with Crippen molar-refractivity contribution in [2.45, 2.75) is 44.8 Å². The van der Waals surface area contributed by atoms with Crippen LogP contribution in [0.1, 0.15) is 32.3 Å². The van der Waals surface area contributed by atoms with E-state index in [9.17, 15) is 9.59 Å². The van der Waals surface area contributed by atoms with Gasteiger partial charge in [0, 0.05) is 11.1 Å². The maximum atomic E-state index is 13.5. The first-order valence-corrected chi connectivity index (χ1v) is 11.5. The van der Waals surface area contributed by atoms with Crippen LogP contribution in [-0.2, 0) is 4.79 Å². The number of hydrogen-bond donors (Lipinski definition) is 1. The molecule has 0 aliphatic rings. The predicted octanol–water partition coefficient (Wildman–Crippen LogP) is 4.75. The Morgan fingerprint density at radius 2 is 2.06 bits per heavy atom. The highest BCUT2D eigenvalue weighted by Gasteiger charge is 2.18. The molecular formula is C23H26ClN3O3S. The molecule has 1 atom stereocenters. The molecule has 164 valence electrons. The molecule has 1 unspecified atom stereocenters. The number of aromatic nitrogens is 2. The van der Waals surface area contributed by atoms with Crippen molar-refractivity contribution in [3.63, 3.8) is 0 Å². The third-order valence-electron chi connectivity index (χ3n) is 4.84. The summed E-state index contributed by atoms with van der Waals surface area (Å²) < 4.78 is 7.01. The molecule has 0 radical (unpaired) electrons. The Bertz CT molecular complexity index is 1160. The molecule has 0 spiro atoms. The first-order valence-electron chi connectivity index (χ1n) is 10.1. The topological polar surface area (TPSA) is 73.2 Å². The molecule has 0 aliphatic heterocycles. The largest absolute Gasteiger partial charge is 0.495 e. The molecule has 1 aromatic heterocycles. The summed E-state index contributed by atoms with van der Waals surface area (Å²) in [5.41, 5.74) is 1.80. The van der Waals surface area contributed by atoms with Gasteiger partial charge < -0.3 is 10.1 Å². The number of amides is 1. The van der Waals surface area contributed by atoms with Crippen molar-refractivity contribution in [2.75, 3.05) is 12.9 Å². The zero-order valence-electron chi connectivity index (χ0n) is 18.1. The fourth-order valence-corrected chi connectivity index (χ4v) is 4.36. The first kappa shape index (κ1) is 23.2. The number of carbonyl (C=O) groups excluding carboxylic acids is 1. The van der Waals surface area contributed by atoms with Crippen molar-refractivity contribution in [1.82, 2.24) is 14.9 Å². The maximum absolute atomic E-state index is 13.5. The van der Waals surface area contributed by atoms with Crippen molar-refractivity contribution in [1.29, 1.82) is 0 Å². The molecule has 1 heterocycles. The average molecular weight is 460 g/mol. The minimum Gasteiger partial charge on any atom is -0.495 e. The van der Waals surface area contributed by atoms with Gasteiger partial charge in [0.15, 0.2) is 5.16 Å². The minimum atomic E-state index is -0.243. The van der Waals surface area contributed by atoms with Gasteiger partial charge in [0.25, 0.3) is 5.56 Å². The highest BCUT2D eigenvalue weighted by molar-refractivity contribution is 7.99. The van der Waals surface area contributed by atoms with Gasteiger partial charge >= 0.3 is 0 Å². The van der Waals surface area contributed by atoms with Gasteiger partial charge in [-0.15, -0.1) is 0 Å². The van der Waals surface area contributed by atoms with Gasteiger partial charge in [-0.2, -0.15) is 0 Å². The summed E-state index contributed by atoms with van der Waals surface area (Å²) >= 11 is 7.33. The molecule has 6 nitrogen and oxygen atoms in total. The lowest BCUT2D eigenvalue weighted by molar-refractivity contribution is -0.119. The number of nitrogens with zero attached hydrogens (tertiary/aromatic N) is 2. The van der Waals surface area contributed by atoms with Crippen LogP contribution in [0.5, 0.6) is 5.75 Å². The molecule has 0 saturated heterocycles. The molecule has 8 heteroatoms. The number of halogens is 1. The van der Waals surface area contributed by atoms with Gasteiger partial charge in [0.05, 0.1) is 29.5 Å². The molecule has 0 aliphatic carbocycles. The highest BCUT2D eigenvalue weighted by Crippen LogP contribution is 2.28. The van der Waals surface area contributed by atoms with Gasteiger partial charge in [-0.05, 0) is 56.2 Å². The van der Waals surface area contributed by atoms with Crippen LogP contribution in [0.4, 0.5) is 0 Å². The molecule has 1 N–H and O–H groups in total. The Hall–Kier alpha value is -2.51. The van der Waals surface area contributed by atoms with Crippen molar-refractivity contribution in [2.24, 2.45) is 0 Å². The second-order valence-corrected chi connectivity index (χ2v) is 8.80. The van der Waals surface area contributed by atoms with E-state index in [2.05, 4.69) is 17.2 Å². The van der Waals surface area contributed by atoms with E-state index in [1.807, 2.05) is 32.0 Å². The highest BCUT2D eigenvalue weighted by atomic mass is 35.5. The van der Waals surface area contributed by atoms with Crippen LogP contribution in [0.2, 0.25) is 5.02 Å². The van der Waals surface area contributed by atoms with Crippen LogP contribution < -0.4 is 15.6 Å². The Morgan fingerprint density at radius 3 is 2.77 bits per heavy atom. The minimum absolute atomic E-state index is 0.0977. The van der Waals surface area contributed by atoms with E-state index in [0.29, 0.717) is 32.5 Å². The van der Waals surface area contributed by atoms with Crippen molar-refractivity contribution < 1.29 is 9.53 Å². The molecule has 2 aromatic carbocycles. The summed E-state index contributed by atoms with van der Waals surface area (Å²) in [6.45, 7) is 6.00. The number of fused-ring (bicyclic) bond motifs is 1. The summed E-state index contributed by atoms with van der Waals surface area (Å²) in [5.74, 6) is 0.584. The van der Waals surface area contributed by atoms with Crippen molar-refractivity contribution in [3.05, 3.63) is 57.3 Å². The summed E-state index contributed by atoms with van der Waals surface area (Å²) in [6.07, 6.45) is 1.91. The molecule has 3 aromatic rings. The Morgan fingerprint density at radius 1 is 1.29 bits per heavy atom. The van der Waals surface area contributed by atoms with Gasteiger partial charge in [-0.25, -0.2) is 4.98 Å². The van der Waals surface area contributed by atoms with E-state index in [1.165, 1.54) is 16.3 Å². The molecule has 1 amide bonds. The summed E-state index contributed by atoms with van der Waals surface area (Å²) in [5, 5.41) is 4.32. The Kier molecular flexibility index (Phi) is 7.62. The van der Waals surface area contributed by atoms with E-state index in [0.717, 1.165) is 18.4 Å². The number of benzene rings is 2. The number of thioether (sulfide) groups is 1. The number of ether oxygens (including phenoxy) is 1. The van der Waals surface area contributed by atoms with E-state index in [-0.39, 0.29) is 23.3 Å². The van der Waals surface area contributed by atoms with E-state index >= 15 is 0 Å². The molecule has 3 rings (SSSR count). The number of methoxy groups -OCH3 is 1. The lowest BCUT2D eigenvalue weighted by Gasteiger charge is -2.17. The zero-order chi connectivity index (χ0) is 22.5. The van der Waals surface area contributed by atoms with Crippen LogP contribution >= 0.6 is 23.4 Å². The van der Waals surface area contributed by atoms with E-state index in [4.69, 9.17) is 16.3 Å². The van der Waals surface area contributed by atoms with Gasteiger partial charge in [-0.3, -0.25) is 14.2 Å². The smallest absolute Gasteiger partial charge is 0.266 e. The number of rotatable bonds is 8. The van der Waals surface area contributed by atoms with Crippen LogP contribution in [0, 0.1) is 6.92 Å². The van der Waals surface area contributed by atoms with Gasteiger partial charge in [-0.1, -0.05) is 42.8 Å².